The lowest BCUT2D eigenvalue weighted by atomic mass is 10.2. The average molecular weight is 227 g/mol. The van der Waals surface area contributed by atoms with Gasteiger partial charge in [-0.2, -0.15) is 0 Å². The number of carbonyl (C=O) groups is 1. The third kappa shape index (κ3) is 4.33. The number of carboxylic acid groups (broad SMARTS) is 1. The minimum absolute atomic E-state index is 0.241. The van der Waals surface area contributed by atoms with Gasteiger partial charge in [-0.15, -0.1) is 0 Å². The smallest absolute Gasteiger partial charge is 0.331 e. The number of carboxylic acids is 1. The molecule has 0 aliphatic carbocycles. The fourth-order valence-electron chi connectivity index (χ4n) is 1.87. The topological polar surface area (TPSA) is 49.8 Å². The van der Waals surface area contributed by atoms with Crippen LogP contribution in [0.1, 0.15) is 26.7 Å². The van der Waals surface area contributed by atoms with Crippen LogP contribution in [0.4, 0.5) is 0 Å². The van der Waals surface area contributed by atoms with Crippen molar-refractivity contribution in [3.63, 3.8) is 0 Å². The lowest BCUT2D eigenvalue weighted by Crippen LogP contribution is -2.30. The molecule has 0 saturated carbocycles. The molecule has 16 heavy (non-hydrogen) atoms. The van der Waals surface area contributed by atoms with E-state index in [0.29, 0.717) is 18.5 Å². The fourth-order valence-corrected chi connectivity index (χ4v) is 1.87. The van der Waals surface area contributed by atoms with Crippen LogP contribution in [0.25, 0.3) is 0 Å². The third-order valence-corrected chi connectivity index (χ3v) is 2.79. The van der Waals surface area contributed by atoms with E-state index in [1.54, 1.807) is 0 Å². The second kappa shape index (κ2) is 6.66. The van der Waals surface area contributed by atoms with Gasteiger partial charge in [-0.3, -0.25) is 4.90 Å². The van der Waals surface area contributed by atoms with E-state index in [1.807, 2.05) is 13.0 Å². The molecular formula is C12H21NO3. The molecule has 1 unspecified atom stereocenters. The largest absolute Gasteiger partial charge is 0.478 e. The van der Waals surface area contributed by atoms with Crippen LogP contribution in [0.5, 0.6) is 0 Å². The first-order valence-electron chi connectivity index (χ1n) is 5.89. The van der Waals surface area contributed by atoms with Gasteiger partial charge in [-0.05, 0) is 19.8 Å². The van der Waals surface area contributed by atoms with Crippen LogP contribution < -0.4 is 0 Å². The SMILES string of the molecule is CCC(=CCN1CCCOC(C)C1)C(=O)O. The average Bonchev–Trinajstić information content (AvgIpc) is 2.43. The molecule has 4 nitrogen and oxygen atoms in total. The molecular weight excluding hydrogens is 206 g/mol. The van der Waals surface area contributed by atoms with Crippen LogP contribution in [-0.4, -0.2) is 48.3 Å². The van der Waals surface area contributed by atoms with Gasteiger partial charge in [-0.1, -0.05) is 13.0 Å². The predicted octanol–water partition coefficient (Wildman–Crippen LogP) is 1.52. The Kier molecular flexibility index (Phi) is 5.49. The molecule has 1 heterocycles. The van der Waals surface area contributed by atoms with Crippen molar-refractivity contribution < 1.29 is 14.6 Å². The third-order valence-electron chi connectivity index (χ3n) is 2.79. The molecule has 1 rings (SSSR count). The first kappa shape index (κ1) is 13.2. The van der Waals surface area contributed by atoms with Crippen LogP contribution in [0.15, 0.2) is 11.6 Å². The first-order valence-corrected chi connectivity index (χ1v) is 5.89. The van der Waals surface area contributed by atoms with Crippen LogP contribution in [0, 0.1) is 0 Å². The summed E-state index contributed by atoms with van der Waals surface area (Å²) in [5.74, 6) is -0.804. The van der Waals surface area contributed by atoms with E-state index in [2.05, 4.69) is 11.8 Å². The summed E-state index contributed by atoms with van der Waals surface area (Å²) in [6.07, 6.45) is 3.66. The Morgan fingerprint density at radius 1 is 1.62 bits per heavy atom. The van der Waals surface area contributed by atoms with Gasteiger partial charge in [0.15, 0.2) is 0 Å². The van der Waals surface area contributed by atoms with Gasteiger partial charge in [0.05, 0.1) is 6.10 Å². The zero-order chi connectivity index (χ0) is 12.0. The van der Waals surface area contributed by atoms with Crippen molar-refractivity contribution in [2.45, 2.75) is 32.8 Å². The number of hydrogen-bond acceptors (Lipinski definition) is 3. The summed E-state index contributed by atoms with van der Waals surface area (Å²) >= 11 is 0. The summed E-state index contributed by atoms with van der Waals surface area (Å²) < 4.78 is 5.53. The highest BCUT2D eigenvalue weighted by Crippen LogP contribution is 2.07. The normalized spacial score (nSPS) is 24.1. The number of ether oxygens (including phenoxy) is 1. The van der Waals surface area contributed by atoms with Gasteiger partial charge < -0.3 is 9.84 Å². The molecule has 0 aromatic rings. The fraction of sp³-hybridized carbons (Fsp3) is 0.750. The van der Waals surface area contributed by atoms with E-state index >= 15 is 0 Å². The van der Waals surface area contributed by atoms with E-state index in [0.717, 1.165) is 26.1 Å². The molecule has 0 aromatic carbocycles. The molecule has 1 atom stereocenters. The highest BCUT2D eigenvalue weighted by atomic mass is 16.5. The molecule has 1 aliphatic heterocycles. The lowest BCUT2D eigenvalue weighted by molar-refractivity contribution is -0.132. The van der Waals surface area contributed by atoms with Crippen LogP contribution in [0.2, 0.25) is 0 Å². The van der Waals surface area contributed by atoms with E-state index < -0.39 is 5.97 Å². The summed E-state index contributed by atoms with van der Waals surface area (Å²) in [5.41, 5.74) is 0.498. The Morgan fingerprint density at radius 2 is 2.38 bits per heavy atom. The molecule has 92 valence electrons. The molecule has 0 radical (unpaired) electrons. The standard InChI is InChI=1S/C12H21NO3/c1-3-11(12(14)15)5-7-13-6-4-8-16-10(2)9-13/h5,10H,3-4,6-9H2,1-2H3,(H,14,15). The lowest BCUT2D eigenvalue weighted by Gasteiger charge is -2.20. The minimum atomic E-state index is -0.804. The zero-order valence-electron chi connectivity index (χ0n) is 10.1. The molecule has 0 bridgehead atoms. The van der Waals surface area contributed by atoms with Gasteiger partial charge in [-0.25, -0.2) is 4.79 Å². The van der Waals surface area contributed by atoms with Gasteiger partial charge in [0.1, 0.15) is 0 Å². The molecule has 1 aliphatic rings. The van der Waals surface area contributed by atoms with Crippen molar-refractivity contribution >= 4 is 5.97 Å². The van der Waals surface area contributed by atoms with Crippen molar-refractivity contribution in [2.24, 2.45) is 0 Å². The van der Waals surface area contributed by atoms with Crippen LogP contribution >= 0.6 is 0 Å². The Labute approximate surface area is 96.9 Å². The summed E-state index contributed by atoms with van der Waals surface area (Å²) in [6.45, 7) is 7.31. The van der Waals surface area contributed by atoms with Gasteiger partial charge in [0, 0.05) is 31.8 Å². The molecule has 1 saturated heterocycles. The Hall–Kier alpha value is -0.870. The molecule has 1 fully saturated rings. The van der Waals surface area contributed by atoms with E-state index in [-0.39, 0.29) is 6.10 Å². The summed E-state index contributed by atoms with van der Waals surface area (Å²) in [7, 11) is 0. The Bertz CT molecular complexity index is 263. The second-order valence-electron chi connectivity index (χ2n) is 4.18. The van der Waals surface area contributed by atoms with E-state index in [4.69, 9.17) is 9.84 Å². The maximum absolute atomic E-state index is 10.8. The van der Waals surface area contributed by atoms with E-state index in [1.165, 1.54) is 0 Å². The van der Waals surface area contributed by atoms with Crippen LogP contribution in [0.3, 0.4) is 0 Å². The molecule has 4 heteroatoms. The predicted molar refractivity (Wildman–Crippen MR) is 62.5 cm³/mol. The molecule has 1 N–H and O–H groups in total. The highest BCUT2D eigenvalue weighted by Gasteiger charge is 2.14. The maximum Gasteiger partial charge on any atom is 0.331 e. The second-order valence-corrected chi connectivity index (χ2v) is 4.18. The summed E-state index contributed by atoms with van der Waals surface area (Å²) in [4.78, 5) is 13.1. The van der Waals surface area contributed by atoms with Crippen molar-refractivity contribution in [3.8, 4) is 0 Å². The van der Waals surface area contributed by atoms with Crippen molar-refractivity contribution in [1.29, 1.82) is 0 Å². The first-order chi connectivity index (χ1) is 7.63. The van der Waals surface area contributed by atoms with Gasteiger partial charge >= 0.3 is 5.97 Å². The monoisotopic (exact) mass is 227 g/mol. The molecule has 0 spiro atoms. The number of nitrogens with zero attached hydrogens (tertiary/aromatic N) is 1. The highest BCUT2D eigenvalue weighted by molar-refractivity contribution is 5.86. The van der Waals surface area contributed by atoms with Crippen LogP contribution in [-0.2, 0) is 9.53 Å². The van der Waals surface area contributed by atoms with Gasteiger partial charge in [0.25, 0.3) is 0 Å². The zero-order valence-corrected chi connectivity index (χ0v) is 10.1. The number of aliphatic carboxylic acids is 1. The number of rotatable bonds is 4. The van der Waals surface area contributed by atoms with E-state index in [9.17, 15) is 4.79 Å². The maximum atomic E-state index is 10.8. The summed E-state index contributed by atoms with van der Waals surface area (Å²) in [5, 5.41) is 8.90. The Morgan fingerprint density at radius 3 is 3.00 bits per heavy atom. The molecule has 0 amide bonds. The number of hydrogen-bond donors (Lipinski definition) is 1. The van der Waals surface area contributed by atoms with Crippen molar-refractivity contribution in [1.82, 2.24) is 4.90 Å². The minimum Gasteiger partial charge on any atom is -0.478 e. The van der Waals surface area contributed by atoms with Crippen molar-refractivity contribution in [2.75, 3.05) is 26.2 Å². The summed E-state index contributed by atoms with van der Waals surface area (Å²) in [6, 6.07) is 0. The Balaban J connectivity index is 2.48. The van der Waals surface area contributed by atoms with Crippen molar-refractivity contribution in [3.05, 3.63) is 11.6 Å². The quantitative estimate of drug-likeness (QED) is 0.740. The molecule has 0 aromatic heterocycles. The van der Waals surface area contributed by atoms with Gasteiger partial charge in [0.2, 0.25) is 0 Å².